The predicted molar refractivity (Wildman–Crippen MR) is 95.9 cm³/mol. The topological polar surface area (TPSA) is 61.0 Å². The molecule has 1 aromatic carbocycles. The molecule has 2 aromatic rings. The third-order valence-corrected chi connectivity index (χ3v) is 4.97. The van der Waals surface area contributed by atoms with Gasteiger partial charge in [-0.3, -0.25) is 9.69 Å². The molecule has 0 aliphatic carbocycles. The maximum atomic E-state index is 11.6. The van der Waals surface area contributed by atoms with Crippen molar-refractivity contribution in [1.82, 2.24) is 14.9 Å². The zero-order valence-electron chi connectivity index (χ0n) is 12.3. The highest BCUT2D eigenvalue weighted by Crippen LogP contribution is 2.18. The van der Waals surface area contributed by atoms with Crippen molar-refractivity contribution in [3.8, 4) is 0 Å². The fraction of sp³-hybridized carbons (Fsp3) is 0.375. The summed E-state index contributed by atoms with van der Waals surface area (Å²) in [5.74, 6) is 0.700. The highest BCUT2D eigenvalue weighted by molar-refractivity contribution is 14.1. The number of aromatic nitrogens is 2. The molecule has 116 valence electrons. The molecule has 5 nitrogen and oxygen atoms in total. The van der Waals surface area contributed by atoms with Gasteiger partial charge in [0.25, 0.3) is 5.56 Å². The average molecular weight is 410 g/mol. The Bertz CT molecular complexity index is 665. The Balaban J connectivity index is 1.54. The first-order valence-corrected chi connectivity index (χ1v) is 8.56. The summed E-state index contributed by atoms with van der Waals surface area (Å²) >= 11 is 2.04. The van der Waals surface area contributed by atoms with Crippen LogP contribution in [0.5, 0.6) is 0 Å². The molecule has 0 unspecified atom stereocenters. The van der Waals surface area contributed by atoms with Crippen LogP contribution in [0.15, 0.2) is 41.5 Å². The summed E-state index contributed by atoms with van der Waals surface area (Å²) in [7, 11) is 0. The van der Waals surface area contributed by atoms with Crippen molar-refractivity contribution < 1.29 is 0 Å². The van der Waals surface area contributed by atoms with Crippen molar-refractivity contribution in [3.63, 3.8) is 0 Å². The zero-order chi connectivity index (χ0) is 15.4. The molecule has 0 saturated carbocycles. The van der Waals surface area contributed by atoms with Crippen LogP contribution >= 0.6 is 22.6 Å². The van der Waals surface area contributed by atoms with Crippen molar-refractivity contribution in [3.05, 3.63) is 56.1 Å². The largest absolute Gasteiger partial charge is 0.366 e. The summed E-state index contributed by atoms with van der Waals surface area (Å²) < 4.78 is 0.631. The molecule has 1 aliphatic rings. The lowest BCUT2D eigenvalue weighted by Crippen LogP contribution is -2.39. The number of aromatic amines is 1. The number of likely N-dealkylation sites (tertiary alicyclic amines) is 1. The van der Waals surface area contributed by atoms with Crippen molar-refractivity contribution in [1.29, 1.82) is 0 Å². The molecule has 1 aliphatic heterocycles. The molecule has 0 bridgehead atoms. The number of nitrogens with zero attached hydrogens (tertiary/aromatic N) is 2. The minimum Gasteiger partial charge on any atom is -0.366 e. The molecule has 2 N–H and O–H groups in total. The lowest BCUT2D eigenvalue weighted by Gasteiger charge is -2.32. The van der Waals surface area contributed by atoms with Gasteiger partial charge < -0.3 is 10.3 Å². The van der Waals surface area contributed by atoms with Gasteiger partial charge in [-0.15, -0.1) is 0 Å². The number of halogens is 1. The number of benzene rings is 1. The fourth-order valence-corrected chi connectivity index (χ4v) is 3.20. The van der Waals surface area contributed by atoms with Crippen LogP contribution in [-0.2, 0) is 6.54 Å². The van der Waals surface area contributed by atoms with E-state index < -0.39 is 0 Å². The minimum absolute atomic E-state index is 0.0837. The van der Waals surface area contributed by atoms with Crippen LogP contribution in [-0.4, -0.2) is 34.0 Å². The molecular weight excluding hydrogens is 391 g/mol. The standard InChI is InChI=1S/C16H19IN4O/c17-14-15(18-11-19-16(14)22)20-13-6-8-21(9-7-13)10-12-4-2-1-3-5-12/h1-5,11,13H,6-10H2,(H2,18,19,20,22). The molecule has 22 heavy (non-hydrogen) atoms. The van der Waals surface area contributed by atoms with Crippen LogP contribution < -0.4 is 10.9 Å². The Morgan fingerprint density at radius 2 is 2.00 bits per heavy atom. The van der Waals surface area contributed by atoms with Gasteiger partial charge >= 0.3 is 0 Å². The van der Waals surface area contributed by atoms with Crippen molar-refractivity contribution in [2.75, 3.05) is 18.4 Å². The first-order chi connectivity index (χ1) is 10.7. The molecule has 3 rings (SSSR count). The van der Waals surface area contributed by atoms with Crippen LogP contribution in [0.3, 0.4) is 0 Å². The van der Waals surface area contributed by atoms with Crippen LogP contribution in [0.25, 0.3) is 0 Å². The van der Waals surface area contributed by atoms with Gasteiger partial charge in [-0.2, -0.15) is 0 Å². The van der Waals surface area contributed by atoms with E-state index in [1.165, 1.54) is 11.9 Å². The number of nitrogens with one attached hydrogen (secondary N) is 2. The Morgan fingerprint density at radius 3 is 2.73 bits per heavy atom. The van der Waals surface area contributed by atoms with Crippen molar-refractivity contribution in [2.24, 2.45) is 0 Å². The molecule has 0 spiro atoms. The molecule has 6 heteroatoms. The quantitative estimate of drug-likeness (QED) is 0.761. The van der Waals surface area contributed by atoms with Gasteiger partial charge in [-0.25, -0.2) is 4.98 Å². The summed E-state index contributed by atoms with van der Waals surface area (Å²) in [6.07, 6.45) is 3.59. The average Bonchev–Trinajstić information content (AvgIpc) is 2.55. The number of hydrogen-bond acceptors (Lipinski definition) is 4. The number of rotatable bonds is 4. The van der Waals surface area contributed by atoms with Gasteiger partial charge in [-0.1, -0.05) is 30.3 Å². The van der Waals surface area contributed by atoms with Crippen LogP contribution in [0.2, 0.25) is 0 Å². The number of hydrogen-bond donors (Lipinski definition) is 2. The summed E-state index contributed by atoms with van der Waals surface area (Å²) in [5.41, 5.74) is 1.28. The Kier molecular flexibility index (Phi) is 5.09. The summed E-state index contributed by atoms with van der Waals surface area (Å²) in [5, 5.41) is 3.41. The molecular formula is C16H19IN4O. The van der Waals surface area contributed by atoms with Crippen LogP contribution in [0.1, 0.15) is 18.4 Å². The van der Waals surface area contributed by atoms with Crippen molar-refractivity contribution >= 4 is 28.4 Å². The third-order valence-electron chi connectivity index (χ3n) is 3.97. The van der Waals surface area contributed by atoms with Gasteiger partial charge in [0.1, 0.15) is 9.39 Å². The Labute approximate surface area is 143 Å². The van der Waals surface area contributed by atoms with Crippen molar-refractivity contribution in [2.45, 2.75) is 25.4 Å². The molecule has 1 fully saturated rings. The van der Waals surface area contributed by atoms with E-state index in [-0.39, 0.29) is 5.56 Å². The Hall–Kier alpha value is -1.41. The second-order valence-electron chi connectivity index (χ2n) is 5.57. The van der Waals surface area contributed by atoms with E-state index in [9.17, 15) is 4.79 Å². The zero-order valence-corrected chi connectivity index (χ0v) is 14.4. The van der Waals surface area contributed by atoms with E-state index in [0.717, 1.165) is 32.5 Å². The second-order valence-corrected chi connectivity index (χ2v) is 6.65. The third kappa shape index (κ3) is 3.86. The van der Waals surface area contributed by atoms with Gasteiger partial charge in [0.05, 0.1) is 6.33 Å². The predicted octanol–water partition coefficient (Wildman–Crippen LogP) is 2.45. The molecule has 0 amide bonds. The normalized spacial score (nSPS) is 16.6. The van der Waals surface area contributed by atoms with Gasteiger partial charge in [0.2, 0.25) is 0 Å². The van der Waals surface area contributed by atoms with E-state index in [1.807, 2.05) is 22.6 Å². The molecule has 0 atom stereocenters. The maximum absolute atomic E-state index is 11.6. The minimum atomic E-state index is -0.0837. The number of anilines is 1. The highest BCUT2D eigenvalue weighted by atomic mass is 127. The second kappa shape index (κ2) is 7.23. The van der Waals surface area contributed by atoms with Gasteiger partial charge in [-0.05, 0) is 41.0 Å². The summed E-state index contributed by atoms with van der Waals surface area (Å²) in [6.45, 7) is 3.13. The Morgan fingerprint density at radius 1 is 1.27 bits per heavy atom. The van der Waals surface area contributed by atoms with E-state index >= 15 is 0 Å². The fourth-order valence-electron chi connectivity index (χ4n) is 2.75. The lowest BCUT2D eigenvalue weighted by molar-refractivity contribution is 0.211. The van der Waals surface area contributed by atoms with E-state index in [2.05, 4.69) is 50.5 Å². The van der Waals surface area contributed by atoms with Gasteiger partial charge in [0, 0.05) is 25.7 Å². The van der Waals surface area contributed by atoms with Gasteiger partial charge in [0.15, 0.2) is 0 Å². The summed E-state index contributed by atoms with van der Waals surface area (Å²) in [4.78, 5) is 20.9. The first-order valence-electron chi connectivity index (χ1n) is 7.48. The molecule has 1 aromatic heterocycles. The van der Waals surface area contributed by atoms with Crippen LogP contribution in [0, 0.1) is 3.57 Å². The number of H-pyrrole nitrogens is 1. The molecule has 1 saturated heterocycles. The van der Waals surface area contributed by atoms with Crippen LogP contribution in [0.4, 0.5) is 5.82 Å². The number of piperidine rings is 1. The maximum Gasteiger partial charge on any atom is 0.266 e. The highest BCUT2D eigenvalue weighted by Gasteiger charge is 2.20. The molecule has 0 radical (unpaired) electrons. The molecule has 2 heterocycles. The first kappa shape index (κ1) is 15.5. The lowest BCUT2D eigenvalue weighted by atomic mass is 10.0. The summed E-state index contributed by atoms with van der Waals surface area (Å²) in [6, 6.07) is 11.0. The van der Waals surface area contributed by atoms with E-state index in [0.29, 0.717) is 15.4 Å². The monoisotopic (exact) mass is 410 g/mol. The SMILES string of the molecule is O=c1[nH]cnc(NC2CCN(Cc3ccccc3)CC2)c1I. The van der Waals surface area contributed by atoms with E-state index in [1.54, 1.807) is 0 Å². The van der Waals surface area contributed by atoms with E-state index in [4.69, 9.17) is 0 Å². The smallest absolute Gasteiger partial charge is 0.266 e.